The number of hydrogen-bond acceptors (Lipinski definition) is 2. The van der Waals surface area contributed by atoms with Gasteiger partial charge in [0.1, 0.15) is 11.6 Å². The molecular weight excluding hydrogens is 229 g/mol. The van der Waals surface area contributed by atoms with Gasteiger partial charge in [0.05, 0.1) is 5.69 Å². The van der Waals surface area contributed by atoms with Crippen molar-refractivity contribution >= 4 is 0 Å². The highest BCUT2D eigenvalue weighted by Crippen LogP contribution is 2.35. The summed E-state index contributed by atoms with van der Waals surface area (Å²) in [5.41, 5.74) is 3.78. The van der Waals surface area contributed by atoms with Crippen LogP contribution in [0.1, 0.15) is 43.2 Å². The predicted molar refractivity (Wildman–Crippen MR) is 70.1 cm³/mol. The molecule has 0 saturated carbocycles. The summed E-state index contributed by atoms with van der Waals surface area (Å²) < 4.78 is 18.7. The van der Waals surface area contributed by atoms with Crippen molar-refractivity contribution in [1.29, 1.82) is 0 Å². The minimum atomic E-state index is -0.225. The van der Waals surface area contributed by atoms with Gasteiger partial charge in [0.15, 0.2) is 0 Å². The Kier molecular flexibility index (Phi) is 3.50. The third kappa shape index (κ3) is 2.17. The number of hydrogen-bond donors (Lipinski definition) is 0. The van der Waals surface area contributed by atoms with E-state index in [1.807, 2.05) is 19.9 Å². The van der Waals surface area contributed by atoms with Crippen LogP contribution in [0.3, 0.4) is 0 Å². The SMILES string of the molecule is CCC(C)c1ccc(F)cc1-c1c(C)noc1C. The predicted octanol–water partition coefficient (Wildman–Crippen LogP) is 4.61. The van der Waals surface area contributed by atoms with Crippen molar-refractivity contribution in [2.24, 2.45) is 0 Å². The average molecular weight is 247 g/mol. The Bertz CT molecular complexity index is 540. The quantitative estimate of drug-likeness (QED) is 0.791. The van der Waals surface area contributed by atoms with Crippen LogP contribution in [0.25, 0.3) is 11.1 Å². The number of benzene rings is 1. The molecule has 0 aliphatic heterocycles. The van der Waals surface area contributed by atoms with Crippen molar-refractivity contribution in [2.45, 2.75) is 40.0 Å². The fraction of sp³-hybridized carbons (Fsp3) is 0.400. The lowest BCUT2D eigenvalue weighted by Gasteiger charge is -2.15. The summed E-state index contributed by atoms with van der Waals surface area (Å²) in [4.78, 5) is 0. The Morgan fingerprint density at radius 2 is 2.06 bits per heavy atom. The van der Waals surface area contributed by atoms with Gasteiger partial charge in [0, 0.05) is 5.56 Å². The molecule has 1 aromatic carbocycles. The first kappa shape index (κ1) is 12.8. The lowest BCUT2D eigenvalue weighted by molar-refractivity contribution is 0.393. The highest BCUT2D eigenvalue weighted by Gasteiger charge is 2.18. The number of aryl methyl sites for hydroxylation is 2. The van der Waals surface area contributed by atoms with Crippen LogP contribution in [0.15, 0.2) is 22.7 Å². The summed E-state index contributed by atoms with van der Waals surface area (Å²) in [5, 5.41) is 3.95. The molecule has 0 spiro atoms. The van der Waals surface area contributed by atoms with E-state index in [1.54, 1.807) is 6.07 Å². The van der Waals surface area contributed by atoms with Gasteiger partial charge in [-0.25, -0.2) is 4.39 Å². The maximum atomic E-state index is 13.5. The van der Waals surface area contributed by atoms with Crippen LogP contribution in [-0.2, 0) is 0 Å². The fourth-order valence-electron chi connectivity index (χ4n) is 2.26. The third-order valence-electron chi connectivity index (χ3n) is 3.46. The van der Waals surface area contributed by atoms with E-state index in [9.17, 15) is 4.39 Å². The van der Waals surface area contributed by atoms with Crippen LogP contribution < -0.4 is 0 Å². The molecule has 0 saturated heterocycles. The van der Waals surface area contributed by atoms with E-state index < -0.39 is 0 Å². The van der Waals surface area contributed by atoms with E-state index >= 15 is 0 Å². The molecule has 0 N–H and O–H groups in total. The maximum absolute atomic E-state index is 13.5. The largest absolute Gasteiger partial charge is 0.361 e. The van der Waals surface area contributed by atoms with Crippen LogP contribution in [-0.4, -0.2) is 5.16 Å². The first-order valence-electron chi connectivity index (χ1n) is 6.27. The molecule has 3 heteroatoms. The monoisotopic (exact) mass is 247 g/mol. The molecule has 0 amide bonds. The second kappa shape index (κ2) is 4.92. The number of aromatic nitrogens is 1. The van der Waals surface area contributed by atoms with E-state index in [-0.39, 0.29) is 5.82 Å². The zero-order valence-corrected chi connectivity index (χ0v) is 11.2. The Hall–Kier alpha value is -1.64. The van der Waals surface area contributed by atoms with Crippen molar-refractivity contribution in [1.82, 2.24) is 5.16 Å². The summed E-state index contributed by atoms with van der Waals surface area (Å²) >= 11 is 0. The summed E-state index contributed by atoms with van der Waals surface area (Å²) in [5.74, 6) is 0.897. The van der Waals surface area contributed by atoms with Crippen LogP contribution >= 0.6 is 0 Å². The van der Waals surface area contributed by atoms with Crippen molar-refractivity contribution in [3.05, 3.63) is 41.0 Å². The first-order chi connectivity index (χ1) is 8.54. The molecule has 96 valence electrons. The van der Waals surface area contributed by atoms with E-state index in [0.29, 0.717) is 5.92 Å². The van der Waals surface area contributed by atoms with Crippen LogP contribution in [0.5, 0.6) is 0 Å². The molecule has 0 fully saturated rings. The number of rotatable bonds is 3. The zero-order chi connectivity index (χ0) is 13.3. The molecule has 0 aliphatic carbocycles. The van der Waals surface area contributed by atoms with Gasteiger partial charge in [-0.1, -0.05) is 25.1 Å². The molecule has 2 nitrogen and oxygen atoms in total. The fourth-order valence-corrected chi connectivity index (χ4v) is 2.26. The summed E-state index contributed by atoms with van der Waals surface area (Å²) in [6, 6.07) is 4.96. The van der Waals surface area contributed by atoms with Gasteiger partial charge in [-0.3, -0.25) is 0 Å². The lowest BCUT2D eigenvalue weighted by Crippen LogP contribution is -1.97. The standard InChI is InChI=1S/C15H18FNO/c1-5-9(2)13-7-6-12(16)8-14(13)15-10(3)17-18-11(15)4/h6-9H,5H2,1-4H3. The molecule has 1 heterocycles. The van der Waals surface area contributed by atoms with E-state index in [1.165, 1.54) is 6.07 Å². The Balaban J connectivity index is 2.65. The summed E-state index contributed by atoms with van der Waals surface area (Å²) in [6.07, 6.45) is 1.02. The van der Waals surface area contributed by atoms with Gasteiger partial charge in [-0.15, -0.1) is 0 Å². The molecule has 2 aromatic rings. The van der Waals surface area contributed by atoms with Gasteiger partial charge in [-0.2, -0.15) is 0 Å². The van der Waals surface area contributed by atoms with E-state index in [0.717, 1.165) is 34.6 Å². The molecule has 1 atom stereocenters. The third-order valence-corrected chi connectivity index (χ3v) is 3.46. The molecule has 1 unspecified atom stereocenters. The van der Waals surface area contributed by atoms with E-state index in [2.05, 4.69) is 19.0 Å². The van der Waals surface area contributed by atoms with Gasteiger partial charge < -0.3 is 4.52 Å². The molecule has 2 rings (SSSR count). The highest BCUT2D eigenvalue weighted by atomic mass is 19.1. The molecule has 0 radical (unpaired) electrons. The molecular formula is C15H18FNO. The second-order valence-corrected chi connectivity index (χ2v) is 4.74. The van der Waals surface area contributed by atoms with E-state index in [4.69, 9.17) is 4.52 Å². The summed E-state index contributed by atoms with van der Waals surface area (Å²) in [6.45, 7) is 8.03. The van der Waals surface area contributed by atoms with Crippen molar-refractivity contribution < 1.29 is 8.91 Å². The molecule has 0 aliphatic rings. The topological polar surface area (TPSA) is 26.0 Å². The van der Waals surface area contributed by atoms with Crippen molar-refractivity contribution in [3.8, 4) is 11.1 Å². The first-order valence-corrected chi connectivity index (χ1v) is 6.27. The smallest absolute Gasteiger partial charge is 0.141 e. The highest BCUT2D eigenvalue weighted by molar-refractivity contribution is 5.71. The van der Waals surface area contributed by atoms with Gasteiger partial charge in [0.25, 0.3) is 0 Å². The normalized spacial score (nSPS) is 12.7. The van der Waals surface area contributed by atoms with Gasteiger partial charge in [-0.05, 0) is 49.4 Å². The van der Waals surface area contributed by atoms with Crippen molar-refractivity contribution in [2.75, 3.05) is 0 Å². The number of nitrogens with zero attached hydrogens (tertiary/aromatic N) is 1. The molecule has 18 heavy (non-hydrogen) atoms. The van der Waals surface area contributed by atoms with Crippen LogP contribution in [0.4, 0.5) is 4.39 Å². The Labute approximate surface area is 107 Å². The lowest BCUT2D eigenvalue weighted by atomic mass is 9.89. The molecule has 0 bridgehead atoms. The minimum absolute atomic E-state index is 0.225. The van der Waals surface area contributed by atoms with Gasteiger partial charge >= 0.3 is 0 Å². The second-order valence-electron chi connectivity index (χ2n) is 4.74. The van der Waals surface area contributed by atoms with Crippen molar-refractivity contribution in [3.63, 3.8) is 0 Å². The summed E-state index contributed by atoms with van der Waals surface area (Å²) in [7, 11) is 0. The average Bonchev–Trinajstić information content (AvgIpc) is 2.68. The number of halogens is 1. The van der Waals surface area contributed by atoms with Crippen LogP contribution in [0, 0.1) is 19.7 Å². The Morgan fingerprint density at radius 3 is 2.61 bits per heavy atom. The Morgan fingerprint density at radius 1 is 1.33 bits per heavy atom. The van der Waals surface area contributed by atoms with Gasteiger partial charge in [0.2, 0.25) is 0 Å². The molecule has 1 aromatic heterocycles. The zero-order valence-electron chi connectivity index (χ0n) is 11.2. The maximum Gasteiger partial charge on any atom is 0.141 e. The van der Waals surface area contributed by atoms with Crippen LogP contribution in [0.2, 0.25) is 0 Å². The minimum Gasteiger partial charge on any atom is -0.361 e.